The molecule has 188 valence electrons. The smallest absolute Gasteiger partial charge is 0.398 e. The highest BCUT2D eigenvalue weighted by atomic mass is 35.5. The molecule has 0 amide bonds. The quantitative estimate of drug-likeness (QED) is 0.183. The maximum absolute atomic E-state index is 14.5. The molecule has 0 aliphatic rings. The van der Waals surface area contributed by atoms with Crippen molar-refractivity contribution in [1.29, 1.82) is 0 Å². The lowest BCUT2D eigenvalue weighted by molar-refractivity contribution is -0.136. The van der Waals surface area contributed by atoms with Gasteiger partial charge in [-0.2, -0.15) is 13.2 Å². The van der Waals surface area contributed by atoms with Crippen molar-refractivity contribution in [3.8, 4) is 21.0 Å². The molecular weight excluding hydrogens is 531 g/mol. The molecule has 5 rings (SSSR count). The number of aromatic nitrogens is 1. The molecule has 0 radical (unpaired) electrons. The van der Waals surface area contributed by atoms with Crippen molar-refractivity contribution < 1.29 is 22.0 Å². The SMILES string of the molecule is Nc1ccc(-c2ccc(-c3cc4cccc(Cl)c4c(=O)n3Cc3ccc(F)cc3F)s2)cc1C(F)(F)F. The van der Waals surface area contributed by atoms with Gasteiger partial charge in [0.15, 0.2) is 0 Å². The molecule has 0 saturated carbocycles. The van der Waals surface area contributed by atoms with E-state index in [0.717, 1.165) is 29.5 Å². The first-order valence-electron chi connectivity index (χ1n) is 10.9. The fourth-order valence-corrected chi connectivity index (χ4v) is 5.41. The summed E-state index contributed by atoms with van der Waals surface area (Å²) in [5.74, 6) is -1.56. The second kappa shape index (κ2) is 9.32. The molecule has 2 heterocycles. The van der Waals surface area contributed by atoms with E-state index in [1.54, 1.807) is 36.4 Å². The molecule has 0 atom stereocenters. The van der Waals surface area contributed by atoms with Gasteiger partial charge in [-0.15, -0.1) is 11.3 Å². The summed E-state index contributed by atoms with van der Waals surface area (Å²) in [6, 6.07) is 16.7. The molecule has 0 fully saturated rings. The van der Waals surface area contributed by atoms with Crippen molar-refractivity contribution in [2.24, 2.45) is 0 Å². The first kappa shape index (κ1) is 25.0. The minimum Gasteiger partial charge on any atom is -0.398 e. The van der Waals surface area contributed by atoms with Crippen LogP contribution in [0, 0.1) is 11.6 Å². The number of pyridine rings is 1. The summed E-state index contributed by atoms with van der Waals surface area (Å²) < 4.78 is 69.4. The molecule has 0 aliphatic carbocycles. The van der Waals surface area contributed by atoms with E-state index >= 15 is 0 Å². The Morgan fingerprint density at radius 1 is 0.919 bits per heavy atom. The second-order valence-electron chi connectivity index (χ2n) is 8.32. The highest BCUT2D eigenvalue weighted by Gasteiger charge is 2.33. The van der Waals surface area contributed by atoms with Gasteiger partial charge in [-0.05, 0) is 53.4 Å². The number of thiophene rings is 1. The summed E-state index contributed by atoms with van der Waals surface area (Å²) in [7, 11) is 0. The number of anilines is 1. The molecule has 3 aromatic carbocycles. The van der Waals surface area contributed by atoms with Crippen LogP contribution in [0.5, 0.6) is 0 Å². The molecule has 5 aromatic rings. The molecule has 37 heavy (non-hydrogen) atoms. The molecule has 10 heteroatoms. The number of fused-ring (bicyclic) bond motifs is 1. The van der Waals surface area contributed by atoms with E-state index < -0.39 is 28.9 Å². The van der Waals surface area contributed by atoms with Crippen molar-refractivity contribution in [2.45, 2.75) is 12.7 Å². The van der Waals surface area contributed by atoms with Gasteiger partial charge in [0.1, 0.15) is 11.6 Å². The maximum atomic E-state index is 14.5. The molecule has 0 saturated heterocycles. The van der Waals surface area contributed by atoms with Gasteiger partial charge in [0, 0.05) is 22.2 Å². The lowest BCUT2D eigenvalue weighted by Gasteiger charge is -2.15. The Balaban J connectivity index is 1.68. The Labute approximate surface area is 216 Å². The molecule has 0 bridgehead atoms. The lowest BCUT2D eigenvalue weighted by atomic mass is 10.1. The molecular formula is C27H16ClF5N2OS. The van der Waals surface area contributed by atoms with Gasteiger partial charge in [-0.1, -0.05) is 35.9 Å². The Bertz CT molecular complexity index is 1730. The summed E-state index contributed by atoms with van der Waals surface area (Å²) in [6.07, 6.45) is -4.61. The van der Waals surface area contributed by atoms with Crippen molar-refractivity contribution in [2.75, 3.05) is 5.73 Å². The summed E-state index contributed by atoms with van der Waals surface area (Å²) in [4.78, 5) is 14.6. The normalized spacial score (nSPS) is 11.8. The van der Waals surface area contributed by atoms with Crippen LogP contribution >= 0.6 is 22.9 Å². The summed E-state index contributed by atoms with van der Waals surface area (Å²) in [5, 5.41) is 1.00. The molecule has 3 nitrogen and oxygen atoms in total. The van der Waals surface area contributed by atoms with Gasteiger partial charge in [0.2, 0.25) is 0 Å². The van der Waals surface area contributed by atoms with Gasteiger partial charge in [0.05, 0.1) is 33.1 Å². The lowest BCUT2D eigenvalue weighted by Crippen LogP contribution is -2.23. The van der Waals surface area contributed by atoms with E-state index in [1.807, 2.05) is 0 Å². The number of nitrogens with two attached hydrogens (primary N) is 1. The minimum atomic E-state index is -4.61. The van der Waals surface area contributed by atoms with Crippen LogP contribution in [0.2, 0.25) is 5.02 Å². The zero-order valence-electron chi connectivity index (χ0n) is 18.7. The molecule has 2 N–H and O–H groups in total. The van der Waals surface area contributed by atoms with Crippen molar-refractivity contribution in [3.63, 3.8) is 0 Å². The van der Waals surface area contributed by atoms with E-state index in [2.05, 4.69) is 0 Å². The number of rotatable bonds is 4. The number of benzene rings is 3. The number of nitrogens with zero attached hydrogens (tertiary/aromatic N) is 1. The number of hydrogen-bond donors (Lipinski definition) is 1. The molecule has 0 spiro atoms. The molecule has 0 aliphatic heterocycles. The summed E-state index contributed by atoms with van der Waals surface area (Å²) in [5.41, 5.74) is 4.52. The van der Waals surface area contributed by atoms with Crippen LogP contribution in [0.25, 0.3) is 31.8 Å². The standard InChI is InChI=1S/C27H16ClF5N2OS/c28-19-3-1-2-15-11-22(35(26(36)25(15)19)13-16-4-6-17(29)12-20(16)30)24-9-8-23(37-24)14-5-7-21(34)18(10-14)27(31,32)33/h1-12H,13,34H2. The third kappa shape index (κ3) is 4.72. The van der Waals surface area contributed by atoms with Gasteiger partial charge in [-0.3, -0.25) is 4.79 Å². The van der Waals surface area contributed by atoms with Crippen molar-refractivity contribution in [1.82, 2.24) is 4.57 Å². The monoisotopic (exact) mass is 546 g/mol. The van der Waals surface area contributed by atoms with Crippen molar-refractivity contribution in [3.05, 3.63) is 111 Å². The zero-order chi connectivity index (χ0) is 26.5. The van der Waals surface area contributed by atoms with Gasteiger partial charge >= 0.3 is 6.18 Å². The highest BCUT2D eigenvalue weighted by Crippen LogP contribution is 2.40. The fraction of sp³-hybridized carbons (Fsp3) is 0.0741. The zero-order valence-corrected chi connectivity index (χ0v) is 20.3. The molecule has 2 aromatic heterocycles. The van der Waals surface area contributed by atoms with Crippen LogP contribution in [0.15, 0.2) is 77.6 Å². The predicted molar refractivity (Wildman–Crippen MR) is 137 cm³/mol. The predicted octanol–water partition coefficient (Wildman–Crippen LogP) is 7.98. The third-order valence-electron chi connectivity index (χ3n) is 5.93. The van der Waals surface area contributed by atoms with E-state index in [0.29, 0.717) is 26.4 Å². The minimum absolute atomic E-state index is 0.0845. The fourth-order valence-electron chi connectivity index (χ4n) is 4.12. The van der Waals surface area contributed by atoms with Crippen molar-refractivity contribution >= 4 is 39.4 Å². The van der Waals surface area contributed by atoms with E-state index in [4.69, 9.17) is 17.3 Å². The van der Waals surface area contributed by atoms with Crippen LogP contribution < -0.4 is 11.3 Å². The second-order valence-corrected chi connectivity index (χ2v) is 9.82. The van der Waals surface area contributed by atoms with Crippen LogP contribution in [-0.2, 0) is 12.7 Å². The van der Waals surface area contributed by atoms with Gasteiger partial charge in [-0.25, -0.2) is 8.78 Å². The Hall–Kier alpha value is -3.69. The van der Waals surface area contributed by atoms with E-state index in [9.17, 15) is 26.7 Å². The highest BCUT2D eigenvalue weighted by molar-refractivity contribution is 7.18. The number of alkyl halides is 3. The van der Waals surface area contributed by atoms with Crippen LogP contribution in [0.1, 0.15) is 11.1 Å². The topological polar surface area (TPSA) is 48.0 Å². The van der Waals surface area contributed by atoms with Crippen LogP contribution in [-0.4, -0.2) is 4.57 Å². The average molecular weight is 547 g/mol. The van der Waals surface area contributed by atoms with E-state index in [-0.39, 0.29) is 28.2 Å². The van der Waals surface area contributed by atoms with Gasteiger partial charge < -0.3 is 10.3 Å². The number of hydrogen-bond acceptors (Lipinski definition) is 3. The summed E-state index contributed by atoms with van der Waals surface area (Å²) in [6.45, 7) is -0.214. The Morgan fingerprint density at radius 3 is 2.41 bits per heavy atom. The Morgan fingerprint density at radius 2 is 1.68 bits per heavy atom. The third-order valence-corrected chi connectivity index (χ3v) is 7.40. The largest absolute Gasteiger partial charge is 0.418 e. The van der Waals surface area contributed by atoms with Gasteiger partial charge in [0.25, 0.3) is 5.56 Å². The average Bonchev–Trinajstić information content (AvgIpc) is 3.32. The van der Waals surface area contributed by atoms with Crippen LogP contribution in [0.4, 0.5) is 27.6 Å². The maximum Gasteiger partial charge on any atom is 0.418 e. The Kier molecular flexibility index (Phi) is 6.29. The first-order chi connectivity index (χ1) is 17.5. The molecule has 0 unspecified atom stereocenters. The number of nitrogen functional groups attached to an aromatic ring is 1. The van der Waals surface area contributed by atoms with Crippen LogP contribution in [0.3, 0.4) is 0 Å². The first-order valence-corrected chi connectivity index (χ1v) is 12.1. The summed E-state index contributed by atoms with van der Waals surface area (Å²) >= 11 is 7.46. The number of halogens is 6. The van der Waals surface area contributed by atoms with E-state index in [1.165, 1.54) is 22.8 Å².